The second-order valence-electron chi connectivity index (χ2n) is 4.96. The molecule has 0 saturated heterocycles. The molecule has 0 aromatic heterocycles. The molecule has 5 nitrogen and oxygen atoms in total. The molecule has 1 rings (SSSR count). The van der Waals surface area contributed by atoms with E-state index < -0.39 is 0 Å². The SMILES string of the molecule is CCCOc1ccc(C(=O)NCCC(C)N)cc1OCC.Cl. The van der Waals surface area contributed by atoms with Gasteiger partial charge in [-0.1, -0.05) is 6.92 Å². The number of nitrogens with two attached hydrogens (primary N) is 1. The summed E-state index contributed by atoms with van der Waals surface area (Å²) in [4.78, 5) is 12.1. The second-order valence-corrected chi connectivity index (χ2v) is 4.96. The van der Waals surface area contributed by atoms with E-state index in [-0.39, 0.29) is 24.4 Å². The molecule has 0 fully saturated rings. The molecule has 0 saturated carbocycles. The lowest BCUT2D eigenvalue weighted by Gasteiger charge is -2.13. The number of hydrogen-bond donors (Lipinski definition) is 2. The average molecular weight is 331 g/mol. The van der Waals surface area contributed by atoms with E-state index in [0.29, 0.717) is 36.8 Å². The molecule has 1 amide bonds. The Kier molecular flexibility index (Phi) is 10.4. The van der Waals surface area contributed by atoms with Gasteiger partial charge in [0.2, 0.25) is 0 Å². The molecule has 126 valence electrons. The second kappa shape index (κ2) is 11.2. The zero-order valence-electron chi connectivity index (χ0n) is 13.6. The third-order valence-electron chi connectivity index (χ3n) is 2.85. The lowest BCUT2D eigenvalue weighted by atomic mass is 10.1. The van der Waals surface area contributed by atoms with Crippen molar-refractivity contribution in [2.45, 2.75) is 39.7 Å². The average Bonchev–Trinajstić information content (AvgIpc) is 2.45. The molecule has 0 radical (unpaired) electrons. The maximum atomic E-state index is 12.1. The lowest BCUT2D eigenvalue weighted by molar-refractivity contribution is 0.0952. The van der Waals surface area contributed by atoms with Gasteiger partial charge in [0.05, 0.1) is 13.2 Å². The van der Waals surface area contributed by atoms with Crippen LogP contribution in [0, 0.1) is 0 Å². The lowest BCUT2D eigenvalue weighted by Crippen LogP contribution is -2.28. The van der Waals surface area contributed by atoms with Crippen LogP contribution in [0.15, 0.2) is 18.2 Å². The zero-order chi connectivity index (χ0) is 15.7. The Labute approximate surface area is 139 Å². The third kappa shape index (κ3) is 7.00. The summed E-state index contributed by atoms with van der Waals surface area (Å²) >= 11 is 0. The molecule has 1 unspecified atom stereocenters. The maximum Gasteiger partial charge on any atom is 0.251 e. The Balaban J connectivity index is 0.00000441. The number of nitrogens with one attached hydrogen (secondary N) is 1. The minimum atomic E-state index is -0.126. The van der Waals surface area contributed by atoms with E-state index in [9.17, 15) is 4.79 Å². The summed E-state index contributed by atoms with van der Waals surface area (Å²) < 4.78 is 11.2. The number of halogens is 1. The fourth-order valence-electron chi connectivity index (χ4n) is 1.76. The first-order valence-electron chi connectivity index (χ1n) is 7.51. The minimum absolute atomic E-state index is 0. The number of rotatable bonds is 9. The van der Waals surface area contributed by atoms with Crippen LogP contribution in [0.4, 0.5) is 0 Å². The highest BCUT2D eigenvalue weighted by Crippen LogP contribution is 2.28. The fourth-order valence-corrected chi connectivity index (χ4v) is 1.76. The number of carbonyl (C=O) groups excluding carboxylic acids is 1. The van der Waals surface area contributed by atoms with Crippen molar-refractivity contribution < 1.29 is 14.3 Å². The zero-order valence-corrected chi connectivity index (χ0v) is 14.4. The van der Waals surface area contributed by atoms with Crippen molar-refractivity contribution in [1.29, 1.82) is 0 Å². The van der Waals surface area contributed by atoms with Gasteiger partial charge in [0, 0.05) is 18.2 Å². The Morgan fingerprint density at radius 3 is 2.59 bits per heavy atom. The van der Waals surface area contributed by atoms with Crippen molar-refractivity contribution in [1.82, 2.24) is 5.32 Å². The first-order chi connectivity index (χ1) is 10.1. The van der Waals surface area contributed by atoms with E-state index in [1.807, 2.05) is 20.8 Å². The Hall–Kier alpha value is -1.46. The maximum absolute atomic E-state index is 12.1. The summed E-state index contributed by atoms with van der Waals surface area (Å²) in [5.41, 5.74) is 6.22. The Morgan fingerprint density at radius 1 is 1.27 bits per heavy atom. The molecule has 22 heavy (non-hydrogen) atoms. The standard InChI is InChI=1S/C16H26N2O3.ClH/c1-4-10-21-14-7-6-13(11-15(14)20-5-2)16(19)18-9-8-12(3)17;/h6-7,11-12H,4-5,8-10,17H2,1-3H3,(H,18,19);1H. The smallest absolute Gasteiger partial charge is 0.251 e. The molecule has 0 aliphatic rings. The van der Waals surface area contributed by atoms with Crippen LogP contribution in [-0.4, -0.2) is 31.7 Å². The Morgan fingerprint density at radius 2 is 2.00 bits per heavy atom. The highest BCUT2D eigenvalue weighted by molar-refractivity contribution is 5.94. The number of benzene rings is 1. The number of ether oxygens (including phenoxy) is 2. The van der Waals surface area contributed by atoms with Crippen LogP contribution < -0.4 is 20.5 Å². The molecule has 6 heteroatoms. The largest absolute Gasteiger partial charge is 0.490 e. The van der Waals surface area contributed by atoms with Crippen LogP contribution in [0.25, 0.3) is 0 Å². The van der Waals surface area contributed by atoms with Crippen LogP contribution in [0.1, 0.15) is 44.0 Å². The van der Waals surface area contributed by atoms with Gasteiger partial charge < -0.3 is 20.5 Å². The van der Waals surface area contributed by atoms with Crippen LogP contribution in [0.2, 0.25) is 0 Å². The van der Waals surface area contributed by atoms with Gasteiger partial charge in [0.1, 0.15) is 0 Å². The fraction of sp³-hybridized carbons (Fsp3) is 0.562. The van der Waals surface area contributed by atoms with E-state index in [1.165, 1.54) is 0 Å². The van der Waals surface area contributed by atoms with E-state index >= 15 is 0 Å². The van der Waals surface area contributed by atoms with Crippen molar-refractivity contribution in [3.8, 4) is 11.5 Å². The van der Waals surface area contributed by atoms with Gasteiger partial charge in [0.15, 0.2) is 11.5 Å². The van der Waals surface area contributed by atoms with Crippen molar-refractivity contribution >= 4 is 18.3 Å². The summed E-state index contributed by atoms with van der Waals surface area (Å²) in [5, 5.41) is 2.85. The molecule has 3 N–H and O–H groups in total. The molecule has 1 atom stereocenters. The van der Waals surface area contributed by atoms with Gasteiger partial charge in [-0.15, -0.1) is 12.4 Å². The minimum Gasteiger partial charge on any atom is -0.490 e. The van der Waals surface area contributed by atoms with Gasteiger partial charge in [0.25, 0.3) is 5.91 Å². The van der Waals surface area contributed by atoms with Gasteiger partial charge >= 0.3 is 0 Å². The quantitative estimate of drug-likeness (QED) is 0.730. The van der Waals surface area contributed by atoms with E-state index in [0.717, 1.165) is 12.8 Å². The van der Waals surface area contributed by atoms with E-state index in [4.69, 9.17) is 15.2 Å². The summed E-state index contributed by atoms with van der Waals surface area (Å²) in [6.07, 6.45) is 1.67. The van der Waals surface area contributed by atoms with Gasteiger partial charge in [-0.25, -0.2) is 0 Å². The molecular formula is C16H27ClN2O3. The van der Waals surface area contributed by atoms with Crippen molar-refractivity contribution in [2.24, 2.45) is 5.73 Å². The van der Waals surface area contributed by atoms with Gasteiger partial charge in [-0.05, 0) is 44.9 Å². The topological polar surface area (TPSA) is 73.6 Å². The van der Waals surface area contributed by atoms with E-state index in [1.54, 1.807) is 18.2 Å². The first kappa shape index (κ1) is 20.5. The third-order valence-corrected chi connectivity index (χ3v) is 2.85. The molecule has 0 bridgehead atoms. The highest BCUT2D eigenvalue weighted by atomic mass is 35.5. The van der Waals surface area contributed by atoms with Crippen molar-refractivity contribution in [3.05, 3.63) is 23.8 Å². The van der Waals surface area contributed by atoms with Crippen molar-refractivity contribution in [2.75, 3.05) is 19.8 Å². The van der Waals surface area contributed by atoms with Crippen LogP contribution in [0.5, 0.6) is 11.5 Å². The normalized spacial score (nSPS) is 11.3. The number of carbonyl (C=O) groups is 1. The number of hydrogen-bond acceptors (Lipinski definition) is 4. The van der Waals surface area contributed by atoms with Gasteiger partial charge in [-0.3, -0.25) is 4.79 Å². The van der Waals surface area contributed by atoms with Crippen LogP contribution in [-0.2, 0) is 0 Å². The summed E-state index contributed by atoms with van der Waals surface area (Å²) in [5.74, 6) is 1.15. The molecule has 0 spiro atoms. The summed E-state index contributed by atoms with van der Waals surface area (Å²) in [6.45, 7) is 7.58. The molecule has 1 aromatic rings. The van der Waals surface area contributed by atoms with Crippen LogP contribution in [0.3, 0.4) is 0 Å². The molecule has 1 aromatic carbocycles. The summed E-state index contributed by atoms with van der Waals surface area (Å²) in [7, 11) is 0. The van der Waals surface area contributed by atoms with Gasteiger partial charge in [-0.2, -0.15) is 0 Å². The monoisotopic (exact) mass is 330 g/mol. The highest BCUT2D eigenvalue weighted by Gasteiger charge is 2.11. The molecule has 0 heterocycles. The summed E-state index contributed by atoms with van der Waals surface area (Å²) in [6, 6.07) is 5.32. The first-order valence-corrected chi connectivity index (χ1v) is 7.51. The van der Waals surface area contributed by atoms with E-state index in [2.05, 4.69) is 5.32 Å². The Bertz CT molecular complexity index is 453. The molecule has 0 aliphatic carbocycles. The number of amides is 1. The van der Waals surface area contributed by atoms with Crippen molar-refractivity contribution in [3.63, 3.8) is 0 Å². The predicted octanol–water partition coefficient (Wildman–Crippen LogP) is 2.76. The van der Waals surface area contributed by atoms with Crippen LogP contribution >= 0.6 is 12.4 Å². The predicted molar refractivity (Wildman–Crippen MR) is 91.2 cm³/mol. The molecular weight excluding hydrogens is 304 g/mol. The molecule has 0 aliphatic heterocycles.